The second-order valence-electron chi connectivity index (χ2n) is 6.70. The first kappa shape index (κ1) is 18.8. The average Bonchev–Trinajstić information content (AvgIpc) is 3.14. The minimum Gasteiger partial charge on any atom is -0.493 e. The molecule has 8 nitrogen and oxygen atoms in total. The van der Waals surface area contributed by atoms with Crippen LogP contribution in [-0.4, -0.2) is 53.2 Å². The van der Waals surface area contributed by atoms with Crippen LogP contribution in [0.15, 0.2) is 30.3 Å². The Morgan fingerprint density at radius 1 is 1.33 bits per heavy atom. The van der Waals surface area contributed by atoms with Crippen LogP contribution in [-0.2, 0) is 11.4 Å². The predicted octanol–water partition coefficient (Wildman–Crippen LogP) is 1.59. The van der Waals surface area contributed by atoms with Crippen molar-refractivity contribution < 1.29 is 19.1 Å². The number of piperazine rings is 1. The fourth-order valence-electron chi connectivity index (χ4n) is 3.16. The van der Waals surface area contributed by atoms with Crippen molar-refractivity contribution in [2.75, 3.05) is 20.2 Å². The van der Waals surface area contributed by atoms with Crippen LogP contribution in [0, 0.1) is 5.92 Å². The summed E-state index contributed by atoms with van der Waals surface area (Å²) < 4.78 is 11.0. The highest BCUT2D eigenvalue weighted by Crippen LogP contribution is 2.26. The number of methoxy groups -OCH3 is 1. The molecule has 2 amide bonds. The number of aromatic amines is 1. The third kappa shape index (κ3) is 4.05. The van der Waals surface area contributed by atoms with Crippen LogP contribution in [0.25, 0.3) is 0 Å². The van der Waals surface area contributed by atoms with Gasteiger partial charge in [-0.1, -0.05) is 26.0 Å². The number of nitrogens with zero attached hydrogens (tertiary/aromatic N) is 2. The molecule has 0 aliphatic carbocycles. The van der Waals surface area contributed by atoms with E-state index in [1.54, 1.807) is 24.1 Å². The molecule has 8 heteroatoms. The maximum absolute atomic E-state index is 12.9. The molecule has 0 spiro atoms. The minimum absolute atomic E-state index is 0.0153. The van der Waals surface area contributed by atoms with Crippen LogP contribution >= 0.6 is 0 Å². The second kappa shape index (κ2) is 8.11. The number of amides is 2. The summed E-state index contributed by atoms with van der Waals surface area (Å²) in [5.74, 6) is 0.868. The maximum atomic E-state index is 12.9. The van der Waals surface area contributed by atoms with E-state index in [2.05, 4.69) is 15.5 Å². The van der Waals surface area contributed by atoms with Crippen LogP contribution in [0.5, 0.6) is 11.5 Å². The number of benzene rings is 1. The molecule has 3 rings (SSSR count). The minimum atomic E-state index is -0.490. The molecule has 1 aromatic carbocycles. The van der Waals surface area contributed by atoms with Crippen LogP contribution in [0.4, 0.5) is 0 Å². The Morgan fingerprint density at radius 2 is 2.07 bits per heavy atom. The van der Waals surface area contributed by atoms with E-state index in [0.717, 1.165) is 0 Å². The number of nitrogens with one attached hydrogen (secondary N) is 2. The molecule has 0 bridgehead atoms. The quantitative estimate of drug-likeness (QED) is 0.803. The largest absolute Gasteiger partial charge is 0.493 e. The number of hydrogen-bond acceptors (Lipinski definition) is 5. The van der Waals surface area contributed by atoms with E-state index in [1.165, 1.54) is 0 Å². The maximum Gasteiger partial charge on any atom is 0.275 e. The van der Waals surface area contributed by atoms with Gasteiger partial charge in [-0.15, -0.1) is 0 Å². The SMILES string of the molecule is COc1ccccc1OCc1cc(C(=O)N2CCNC(=O)[C@H]2C(C)C)n[nH]1. The molecule has 1 fully saturated rings. The van der Waals surface area contributed by atoms with Gasteiger partial charge in [0.2, 0.25) is 5.91 Å². The molecule has 1 atom stereocenters. The number of ether oxygens (including phenoxy) is 2. The summed E-state index contributed by atoms with van der Waals surface area (Å²) >= 11 is 0. The molecule has 0 saturated carbocycles. The smallest absolute Gasteiger partial charge is 0.275 e. The molecular formula is C19H24N4O4. The fourth-order valence-corrected chi connectivity index (χ4v) is 3.16. The number of carbonyl (C=O) groups is 2. The number of para-hydroxylation sites is 2. The molecule has 0 radical (unpaired) electrons. The van der Waals surface area contributed by atoms with Crippen molar-refractivity contribution >= 4 is 11.8 Å². The van der Waals surface area contributed by atoms with Crippen molar-refractivity contribution in [1.82, 2.24) is 20.4 Å². The molecule has 1 aliphatic rings. The zero-order valence-corrected chi connectivity index (χ0v) is 15.7. The summed E-state index contributed by atoms with van der Waals surface area (Å²) in [5, 5.41) is 9.74. The lowest BCUT2D eigenvalue weighted by Crippen LogP contribution is -2.59. The monoisotopic (exact) mass is 372 g/mol. The highest BCUT2D eigenvalue weighted by atomic mass is 16.5. The van der Waals surface area contributed by atoms with Crippen LogP contribution < -0.4 is 14.8 Å². The molecular weight excluding hydrogens is 348 g/mol. The molecule has 1 aromatic heterocycles. The van der Waals surface area contributed by atoms with Gasteiger partial charge in [0.15, 0.2) is 17.2 Å². The van der Waals surface area contributed by atoms with E-state index < -0.39 is 6.04 Å². The lowest BCUT2D eigenvalue weighted by Gasteiger charge is -2.36. The standard InChI is InChI=1S/C19H24N4O4/c1-12(2)17-18(24)20-8-9-23(17)19(25)14-10-13(21-22-14)11-27-16-7-5-4-6-15(16)26-3/h4-7,10,12,17H,8-9,11H2,1-3H3,(H,20,24)(H,21,22)/t17-/m1/s1. The predicted molar refractivity (Wildman–Crippen MR) is 98.6 cm³/mol. The van der Waals surface area contributed by atoms with Crippen LogP contribution in [0.1, 0.15) is 30.0 Å². The highest BCUT2D eigenvalue weighted by molar-refractivity contribution is 5.97. The Kier molecular flexibility index (Phi) is 5.63. The van der Waals surface area contributed by atoms with Crippen molar-refractivity contribution in [1.29, 1.82) is 0 Å². The molecule has 2 N–H and O–H groups in total. The Morgan fingerprint density at radius 3 is 2.78 bits per heavy atom. The van der Waals surface area contributed by atoms with Gasteiger partial charge in [-0.3, -0.25) is 14.7 Å². The van der Waals surface area contributed by atoms with E-state index in [4.69, 9.17) is 9.47 Å². The number of rotatable bonds is 6. The van der Waals surface area contributed by atoms with Crippen molar-refractivity contribution in [3.63, 3.8) is 0 Å². The third-order valence-electron chi connectivity index (χ3n) is 4.45. The molecule has 0 unspecified atom stereocenters. The molecule has 2 heterocycles. The van der Waals surface area contributed by atoms with E-state index in [0.29, 0.717) is 30.3 Å². The third-order valence-corrected chi connectivity index (χ3v) is 4.45. The van der Waals surface area contributed by atoms with Crippen molar-refractivity contribution in [2.45, 2.75) is 26.5 Å². The molecule has 27 heavy (non-hydrogen) atoms. The lowest BCUT2D eigenvalue weighted by molar-refractivity contribution is -0.129. The van der Waals surface area contributed by atoms with Gasteiger partial charge in [0.1, 0.15) is 12.6 Å². The topological polar surface area (TPSA) is 96.6 Å². The van der Waals surface area contributed by atoms with Gasteiger partial charge in [0.05, 0.1) is 12.8 Å². The Labute approximate surface area is 157 Å². The summed E-state index contributed by atoms with van der Waals surface area (Å²) in [7, 11) is 1.58. The summed E-state index contributed by atoms with van der Waals surface area (Å²) in [5.41, 5.74) is 0.931. The van der Waals surface area contributed by atoms with Gasteiger partial charge in [0.25, 0.3) is 5.91 Å². The number of carbonyl (C=O) groups excluding carboxylic acids is 2. The van der Waals surface area contributed by atoms with Crippen molar-refractivity contribution in [3.8, 4) is 11.5 Å². The summed E-state index contributed by atoms with van der Waals surface area (Å²) in [6, 6.07) is 8.50. The summed E-state index contributed by atoms with van der Waals surface area (Å²) in [6.45, 7) is 4.98. The van der Waals surface area contributed by atoms with Gasteiger partial charge in [0, 0.05) is 13.1 Å². The first-order chi connectivity index (χ1) is 13.0. The normalized spacial score (nSPS) is 17.0. The summed E-state index contributed by atoms with van der Waals surface area (Å²) in [6.07, 6.45) is 0. The van der Waals surface area contributed by atoms with E-state index in [1.807, 2.05) is 32.0 Å². The second-order valence-corrected chi connectivity index (χ2v) is 6.70. The Bertz CT molecular complexity index is 818. The fraction of sp³-hybridized carbons (Fsp3) is 0.421. The van der Waals surface area contributed by atoms with Gasteiger partial charge >= 0.3 is 0 Å². The number of aromatic nitrogens is 2. The molecule has 2 aromatic rings. The first-order valence-corrected chi connectivity index (χ1v) is 8.90. The van der Waals surface area contributed by atoms with Crippen LogP contribution in [0.2, 0.25) is 0 Å². The zero-order valence-electron chi connectivity index (χ0n) is 15.7. The Balaban J connectivity index is 1.69. The van der Waals surface area contributed by atoms with Gasteiger partial charge in [-0.05, 0) is 24.1 Å². The molecule has 1 aliphatic heterocycles. The van der Waals surface area contributed by atoms with E-state index in [-0.39, 0.29) is 30.0 Å². The molecule has 144 valence electrons. The lowest BCUT2D eigenvalue weighted by atomic mass is 9.99. The average molecular weight is 372 g/mol. The summed E-state index contributed by atoms with van der Waals surface area (Å²) in [4.78, 5) is 26.6. The van der Waals surface area contributed by atoms with E-state index in [9.17, 15) is 9.59 Å². The first-order valence-electron chi connectivity index (χ1n) is 8.90. The highest BCUT2D eigenvalue weighted by Gasteiger charge is 2.36. The van der Waals surface area contributed by atoms with Gasteiger partial charge < -0.3 is 19.7 Å². The van der Waals surface area contributed by atoms with Crippen molar-refractivity contribution in [3.05, 3.63) is 41.7 Å². The van der Waals surface area contributed by atoms with Gasteiger partial charge in [-0.2, -0.15) is 5.10 Å². The van der Waals surface area contributed by atoms with Crippen molar-refractivity contribution in [2.24, 2.45) is 5.92 Å². The van der Waals surface area contributed by atoms with Crippen LogP contribution in [0.3, 0.4) is 0 Å². The zero-order chi connectivity index (χ0) is 19.4. The molecule has 1 saturated heterocycles. The van der Waals surface area contributed by atoms with Gasteiger partial charge in [-0.25, -0.2) is 0 Å². The van der Waals surface area contributed by atoms with E-state index >= 15 is 0 Å². The Hall–Kier alpha value is -3.03. The number of H-pyrrole nitrogens is 1. The number of hydrogen-bond donors (Lipinski definition) is 2.